The molecule has 0 fully saturated rings. The lowest BCUT2D eigenvalue weighted by molar-refractivity contribution is 0.0643. The lowest BCUT2D eigenvalue weighted by atomic mass is 10.2. The van der Waals surface area contributed by atoms with E-state index in [4.69, 9.17) is 5.11 Å². The fourth-order valence-electron chi connectivity index (χ4n) is 1.12. The summed E-state index contributed by atoms with van der Waals surface area (Å²) in [6, 6.07) is 1.55. The van der Waals surface area contributed by atoms with E-state index in [1.165, 1.54) is 0 Å². The van der Waals surface area contributed by atoms with Crippen LogP contribution in [0.4, 0.5) is 13.2 Å². The maximum atomic E-state index is 13.3. The predicted octanol–water partition coefficient (Wildman–Crippen LogP) is 1.85. The summed E-state index contributed by atoms with van der Waals surface area (Å²) in [6.07, 6.45) is 0. The van der Waals surface area contributed by atoms with Gasteiger partial charge in [0.05, 0.1) is 5.56 Å². The van der Waals surface area contributed by atoms with Crippen LogP contribution in [-0.2, 0) is 0 Å². The first-order valence-electron chi connectivity index (χ1n) is 4.21. The van der Waals surface area contributed by atoms with Crippen molar-refractivity contribution in [2.24, 2.45) is 0 Å². The summed E-state index contributed by atoms with van der Waals surface area (Å²) in [7, 11) is 0. The van der Waals surface area contributed by atoms with Crippen LogP contribution in [0.3, 0.4) is 0 Å². The van der Waals surface area contributed by atoms with Crippen LogP contribution in [0.1, 0.15) is 10.7 Å². The molecule has 17 heavy (non-hydrogen) atoms. The monoisotopic (exact) mass is 244 g/mol. The molecule has 0 aliphatic carbocycles. The molecule has 1 N–H and O–H groups in total. The fourth-order valence-corrected chi connectivity index (χ4v) is 1.12. The maximum absolute atomic E-state index is 13.3. The van der Waals surface area contributed by atoms with Crippen molar-refractivity contribution in [2.45, 2.75) is 0 Å². The van der Waals surface area contributed by atoms with Crippen molar-refractivity contribution < 1.29 is 27.6 Å². The Morgan fingerprint density at radius 3 is 2.53 bits per heavy atom. The highest BCUT2D eigenvalue weighted by atomic mass is 19.2. The van der Waals surface area contributed by atoms with Crippen molar-refractivity contribution in [3.05, 3.63) is 35.5 Å². The van der Waals surface area contributed by atoms with Gasteiger partial charge in [0, 0.05) is 0 Å². The van der Waals surface area contributed by atoms with Crippen LogP contribution < -0.4 is 0 Å². The molecule has 5 nitrogen and oxygen atoms in total. The number of benzene rings is 1. The standard InChI is InChI=1S/C9H3F3N2O3/c10-4-2-1-3(5(11)6(4)12)7-13-8(9(15)16)17-14-7/h1-2H,(H,15,16). The Morgan fingerprint density at radius 2 is 1.94 bits per heavy atom. The van der Waals surface area contributed by atoms with Gasteiger partial charge in [0.2, 0.25) is 5.82 Å². The van der Waals surface area contributed by atoms with Gasteiger partial charge < -0.3 is 9.63 Å². The second-order valence-corrected chi connectivity index (χ2v) is 2.95. The van der Waals surface area contributed by atoms with E-state index in [1.54, 1.807) is 0 Å². The van der Waals surface area contributed by atoms with Crippen molar-refractivity contribution in [1.29, 1.82) is 0 Å². The first-order valence-corrected chi connectivity index (χ1v) is 4.21. The van der Waals surface area contributed by atoms with Gasteiger partial charge in [-0.25, -0.2) is 18.0 Å². The molecule has 1 heterocycles. The lowest BCUT2D eigenvalue weighted by Gasteiger charge is -1.99. The molecule has 8 heteroatoms. The molecular formula is C9H3F3N2O3. The molecule has 0 spiro atoms. The third-order valence-electron chi connectivity index (χ3n) is 1.89. The summed E-state index contributed by atoms with van der Waals surface area (Å²) in [5.41, 5.74) is -0.486. The second kappa shape index (κ2) is 3.89. The molecule has 2 rings (SSSR count). The van der Waals surface area contributed by atoms with Crippen molar-refractivity contribution in [2.75, 3.05) is 0 Å². The van der Waals surface area contributed by atoms with E-state index in [9.17, 15) is 18.0 Å². The predicted molar refractivity (Wildman–Crippen MR) is 46.6 cm³/mol. The molecule has 2 aromatic rings. The molecular weight excluding hydrogens is 241 g/mol. The zero-order valence-electron chi connectivity index (χ0n) is 7.95. The second-order valence-electron chi connectivity index (χ2n) is 2.95. The average molecular weight is 244 g/mol. The lowest BCUT2D eigenvalue weighted by Crippen LogP contribution is -1.97. The smallest absolute Gasteiger partial charge is 0.394 e. The highest BCUT2D eigenvalue weighted by Gasteiger charge is 2.20. The number of halogens is 3. The van der Waals surface area contributed by atoms with E-state index in [0.29, 0.717) is 6.07 Å². The average Bonchev–Trinajstić information content (AvgIpc) is 2.75. The van der Waals surface area contributed by atoms with E-state index >= 15 is 0 Å². The molecule has 0 radical (unpaired) electrons. The first-order chi connectivity index (χ1) is 8.00. The molecule has 0 atom stereocenters. The van der Waals surface area contributed by atoms with E-state index in [-0.39, 0.29) is 0 Å². The van der Waals surface area contributed by atoms with Gasteiger partial charge in [0.25, 0.3) is 0 Å². The van der Waals surface area contributed by atoms with E-state index in [1.807, 2.05) is 0 Å². The number of aromatic nitrogens is 2. The van der Waals surface area contributed by atoms with Gasteiger partial charge in [-0.1, -0.05) is 5.16 Å². The minimum Gasteiger partial charge on any atom is -0.474 e. The highest BCUT2D eigenvalue weighted by molar-refractivity contribution is 5.82. The number of aromatic carboxylic acids is 1. The first kappa shape index (κ1) is 11.1. The van der Waals surface area contributed by atoms with Crippen LogP contribution in [-0.4, -0.2) is 21.2 Å². The van der Waals surface area contributed by atoms with Crippen LogP contribution in [0.15, 0.2) is 16.7 Å². The number of carbonyl (C=O) groups is 1. The Bertz CT molecular complexity index is 597. The third kappa shape index (κ3) is 1.84. The Hall–Kier alpha value is -2.38. The summed E-state index contributed by atoms with van der Waals surface area (Å²) < 4.78 is 43.1. The van der Waals surface area contributed by atoms with Crippen molar-refractivity contribution in [1.82, 2.24) is 10.1 Å². The molecule has 1 aromatic heterocycles. The third-order valence-corrected chi connectivity index (χ3v) is 1.89. The summed E-state index contributed by atoms with van der Waals surface area (Å²) >= 11 is 0. The number of carboxylic acids is 1. The van der Waals surface area contributed by atoms with E-state index < -0.39 is 40.7 Å². The van der Waals surface area contributed by atoms with Crippen LogP contribution in [0.5, 0.6) is 0 Å². The summed E-state index contributed by atoms with van der Waals surface area (Å²) in [5, 5.41) is 11.6. The quantitative estimate of drug-likeness (QED) is 0.816. The number of nitrogens with zero attached hydrogens (tertiary/aromatic N) is 2. The highest BCUT2D eigenvalue weighted by Crippen LogP contribution is 2.23. The number of hydrogen-bond acceptors (Lipinski definition) is 4. The largest absolute Gasteiger partial charge is 0.474 e. The van der Waals surface area contributed by atoms with Gasteiger partial charge in [-0.3, -0.25) is 0 Å². The van der Waals surface area contributed by atoms with Crippen molar-refractivity contribution in [3.8, 4) is 11.4 Å². The summed E-state index contributed by atoms with van der Waals surface area (Å²) in [6.45, 7) is 0. The molecule has 0 saturated carbocycles. The van der Waals surface area contributed by atoms with Crippen LogP contribution in [0, 0.1) is 17.5 Å². The number of hydrogen-bond donors (Lipinski definition) is 1. The zero-order valence-corrected chi connectivity index (χ0v) is 7.95. The number of rotatable bonds is 2. The van der Waals surface area contributed by atoms with Crippen LogP contribution >= 0.6 is 0 Å². The van der Waals surface area contributed by atoms with E-state index in [0.717, 1.165) is 6.07 Å². The molecule has 0 unspecified atom stereocenters. The van der Waals surface area contributed by atoms with Gasteiger partial charge >= 0.3 is 11.9 Å². The van der Waals surface area contributed by atoms with Crippen molar-refractivity contribution in [3.63, 3.8) is 0 Å². The summed E-state index contributed by atoms with van der Waals surface area (Å²) in [4.78, 5) is 13.7. The Balaban J connectivity index is 2.53. The molecule has 0 amide bonds. The Kier molecular flexibility index (Phi) is 2.54. The molecule has 1 aromatic carbocycles. The molecule has 88 valence electrons. The zero-order chi connectivity index (χ0) is 12.6. The van der Waals surface area contributed by atoms with Crippen LogP contribution in [0.2, 0.25) is 0 Å². The maximum Gasteiger partial charge on any atom is 0.394 e. The molecule has 0 saturated heterocycles. The number of carboxylic acid groups (broad SMARTS) is 1. The van der Waals surface area contributed by atoms with Gasteiger partial charge in [0.15, 0.2) is 17.5 Å². The topological polar surface area (TPSA) is 76.2 Å². The normalized spacial score (nSPS) is 10.5. The molecule has 0 bridgehead atoms. The molecule has 0 aliphatic heterocycles. The van der Waals surface area contributed by atoms with Gasteiger partial charge in [0.1, 0.15) is 0 Å². The minimum atomic E-state index is -1.69. The van der Waals surface area contributed by atoms with Gasteiger partial charge in [-0.05, 0) is 12.1 Å². The fraction of sp³-hybridized carbons (Fsp3) is 0. The van der Waals surface area contributed by atoms with E-state index in [2.05, 4.69) is 14.7 Å². The SMILES string of the molecule is O=C(O)c1nc(-c2ccc(F)c(F)c2F)no1. The van der Waals surface area contributed by atoms with Crippen LogP contribution in [0.25, 0.3) is 11.4 Å². The molecule has 0 aliphatic rings. The Labute approximate surface area is 91.5 Å². The minimum absolute atomic E-state index is 0.473. The van der Waals surface area contributed by atoms with Gasteiger partial charge in [-0.15, -0.1) is 0 Å². The summed E-state index contributed by atoms with van der Waals surface area (Å²) in [5.74, 6) is -7.32. The van der Waals surface area contributed by atoms with Gasteiger partial charge in [-0.2, -0.15) is 4.98 Å². The Morgan fingerprint density at radius 1 is 1.24 bits per heavy atom. The van der Waals surface area contributed by atoms with Crippen molar-refractivity contribution >= 4 is 5.97 Å².